The van der Waals surface area contributed by atoms with Crippen molar-refractivity contribution in [3.63, 3.8) is 0 Å². The number of aromatic hydroxyl groups is 1. The maximum Gasteiger partial charge on any atom is 0.116 e. The molecule has 0 radical (unpaired) electrons. The van der Waals surface area contributed by atoms with Crippen molar-refractivity contribution in [1.82, 2.24) is 4.98 Å². The quantitative estimate of drug-likeness (QED) is 0.732. The van der Waals surface area contributed by atoms with E-state index >= 15 is 0 Å². The predicted octanol–water partition coefficient (Wildman–Crippen LogP) is 4.84. The van der Waals surface area contributed by atoms with Gasteiger partial charge in [0, 0.05) is 6.20 Å². The first-order chi connectivity index (χ1) is 9.22. The van der Waals surface area contributed by atoms with Gasteiger partial charge in [-0.3, -0.25) is 4.98 Å². The zero-order chi connectivity index (χ0) is 13.2. The largest absolute Gasteiger partial charge is 0.508 e. The van der Waals surface area contributed by atoms with Crippen LogP contribution >= 0.6 is 22.9 Å². The highest BCUT2D eigenvalue weighted by molar-refractivity contribution is 7.19. The van der Waals surface area contributed by atoms with E-state index in [4.69, 9.17) is 11.6 Å². The van der Waals surface area contributed by atoms with E-state index in [1.54, 1.807) is 18.3 Å². The number of rotatable bonds is 2. The first-order valence-electron chi connectivity index (χ1n) is 5.73. The van der Waals surface area contributed by atoms with Gasteiger partial charge in [0.15, 0.2) is 0 Å². The SMILES string of the molecule is Oc1cccc(-c2ccnc(-c3ccc(Cl)s3)c2)c1. The molecule has 0 aliphatic carbocycles. The molecule has 94 valence electrons. The lowest BCUT2D eigenvalue weighted by Gasteiger charge is -2.04. The number of hydrogen-bond acceptors (Lipinski definition) is 3. The summed E-state index contributed by atoms with van der Waals surface area (Å²) < 4.78 is 0.750. The maximum absolute atomic E-state index is 9.53. The molecule has 3 aromatic rings. The Balaban J connectivity index is 2.05. The number of phenolic OH excluding ortho intramolecular Hbond substituents is 1. The summed E-state index contributed by atoms with van der Waals surface area (Å²) in [5.41, 5.74) is 2.87. The van der Waals surface area contributed by atoms with Crippen molar-refractivity contribution in [2.75, 3.05) is 0 Å². The highest BCUT2D eigenvalue weighted by Gasteiger charge is 2.05. The monoisotopic (exact) mass is 287 g/mol. The summed E-state index contributed by atoms with van der Waals surface area (Å²) in [6.07, 6.45) is 1.77. The summed E-state index contributed by atoms with van der Waals surface area (Å²) in [7, 11) is 0. The molecule has 2 heterocycles. The molecule has 4 heteroatoms. The van der Waals surface area contributed by atoms with E-state index in [0.29, 0.717) is 0 Å². The smallest absolute Gasteiger partial charge is 0.116 e. The van der Waals surface area contributed by atoms with Crippen molar-refractivity contribution in [3.05, 3.63) is 59.1 Å². The molecule has 0 aliphatic rings. The van der Waals surface area contributed by atoms with Crippen LogP contribution in [0.4, 0.5) is 0 Å². The summed E-state index contributed by atoms with van der Waals surface area (Å²) >= 11 is 7.45. The van der Waals surface area contributed by atoms with Crippen LogP contribution in [-0.4, -0.2) is 10.1 Å². The average Bonchev–Trinajstić information content (AvgIpc) is 2.86. The minimum atomic E-state index is 0.259. The second kappa shape index (κ2) is 5.03. The molecule has 2 aromatic heterocycles. The summed E-state index contributed by atoms with van der Waals surface area (Å²) in [5.74, 6) is 0.259. The first-order valence-corrected chi connectivity index (χ1v) is 6.93. The van der Waals surface area contributed by atoms with E-state index in [1.807, 2.05) is 36.4 Å². The minimum Gasteiger partial charge on any atom is -0.508 e. The molecule has 3 rings (SSSR count). The molecular formula is C15H10ClNOS. The Morgan fingerprint density at radius 3 is 2.58 bits per heavy atom. The molecule has 19 heavy (non-hydrogen) atoms. The van der Waals surface area contributed by atoms with Crippen molar-refractivity contribution in [2.45, 2.75) is 0 Å². The Bertz CT molecular complexity index is 723. The van der Waals surface area contributed by atoms with Crippen LogP contribution in [0.1, 0.15) is 0 Å². The van der Waals surface area contributed by atoms with Crippen LogP contribution in [0.15, 0.2) is 54.7 Å². The molecule has 1 N–H and O–H groups in total. The molecule has 1 aromatic carbocycles. The van der Waals surface area contributed by atoms with Crippen molar-refractivity contribution in [3.8, 4) is 27.4 Å². The predicted molar refractivity (Wildman–Crippen MR) is 79.7 cm³/mol. The number of benzene rings is 1. The zero-order valence-corrected chi connectivity index (χ0v) is 11.4. The van der Waals surface area contributed by atoms with Gasteiger partial charge < -0.3 is 5.11 Å². The molecule has 0 bridgehead atoms. The van der Waals surface area contributed by atoms with Gasteiger partial charge in [-0.15, -0.1) is 11.3 Å². The standard InChI is InChI=1S/C15H10ClNOS/c16-15-5-4-14(19-15)13-9-11(6-7-17-13)10-2-1-3-12(18)8-10/h1-9,18H. The van der Waals surface area contributed by atoms with Crippen LogP contribution in [0, 0.1) is 0 Å². The third-order valence-corrected chi connectivity index (χ3v) is 4.02. The Labute approximate surface area is 120 Å². The molecule has 0 unspecified atom stereocenters. The highest BCUT2D eigenvalue weighted by Crippen LogP contribution is 2.32. The summed E-state index contributed by atoms with van der Waals surface area (Å²) in [6.45, 7) is 0. The van der Waals surface area contributed by atoms with Crippen molar-refractivity contribution in [1.29, 1.82) is 0 Å². The fourth-order valence-corrected chi connectivity index (χ4v) is 2.89. The molecule has 0 spiro atoms. The Morgan fingerprint density at radius 2 is 1.84 bits per heavy atom. The second-order valence-corrected chi connectivity index (χ2v) is 5.80. The van der Waals surface area contributed by atoms with Crippen molar-refractivity contribution in [2.24, 2.45) is 0 Å². The van der Waals surface area contributed by atoms with Gasteiger partial charge >= 0.3 is 0 Å². The van der Waals surface area contributed by atoms with Crippen LogP contribution in [0.25, 0.3) is 21.7 Å². The summed E-state index contributed by atoms with van der Waals surface area (Å²) in [4.78, 5) is 5.39. The zero-order valence-electron chi connectivity index (χ0n) is 9.88. The number of aromatic nitrogens is 1. The van der Waals surface area contributed by atoms with Crippen molar-refractivity contribution < 1.29 is 5.11 Å². The van der Waals surface area contributed by atoms with Gasteiger partial charge in [0.1, 0.15) is 5.75 Å². The summed E-state index contributed by atoms with van der Waals surface area (Å²) in [5, 5.41) is 9.53. The minimum absolute atomic E-state index is 0.259. The lowest BCUT2D eigenvalue weighted by molar-refractivity contribution is 0.475. The lowest BCUT2D eigenvalue weighted by atomic mass is 10.1. The van der Waals surface area contributed by atoms with Crippen LogP contribution in [-0.2, 0) is 0 Å². The van der Waals surface area contributed by atoms with Crippen LogP contribution in [0.3, 0.4) is 0 Å². The normalized spacial score (nSPS) is 10.6. The first kappa shape index (κ1) is 12.2. The summed E-state index contributed by atoms with van der Waals surface area (Å²) in [6, 6.07) is 14.9. The number of nitrogens with zero attached hydrogens (tertiary/aromatic N) is 1. The van der Waals surface area contributed by atoms with Crippen molar-refractivity contribution >= 4 is 22.9 Å². The van der Waals surface area contributed by atoms with Gasteiger partial charge in [-0.1, -0.05) is 23.7 Å². The maximum atomic E-state index is 9.53. The Morgan fingerprint density at radius 1 is 1.00 bits per heavy atom. The van der Waals surface area contributed by atoms with E-state index in [1.165, 1.54) is 11.3 Å². The molecule has 0 fully saturated rings. The average molecular weight is 288 g/mol. The highest BCUT2D eigenvalue weighted by atomic mass is 35.5. The number of pyridine rings is 1. The van der Waals surface area contributed by atoms with Gasteiger partial charge in [-0.2, -0.15) is 0 Å². The van der Waals surface area contributed by atoms with E-state index in [2.05, 4.69) is 4.98 Å². The Kier molecular flexibility index (Phi) is 3.23. The molecule has 0 aliphatic heterocycles. The van der Waals surface area contributed by atoms with Gasteiger partial charge in [0.2, 0.25) is 0 Å². The Hall–Kier alpha value is -1.84. The fourth-order valence-electron chi connectivity index (χ4n) is 1.88. The van der Waals surface area contributed by atoms with Crippen LogP contribution in [0.2, 0.25) is 4.34 Å². The van der Waals surface area contributed by atoms with E-state index in [0.717, 1.165) is 26.0 Å². The molecule has 0 saturated carbocycles. The van der Waals surface area contributed by atoms with E-state index in [9.17, 15) is 5.11 Å². The fraction of sp³-hybridized carbons (Fsp3) is 0. The lowest BCUT2D eigenvalue weighted by Crippen LogP contribution is -1.83. The molecule has 0 amide bonds. The van der Waals surface area contributed by atoms with Crippen LogP contribution in [0.5, 0.6) is 5.75 Å². The molecule has 0 saturated heterocycles. The third-order valence-electron chi connectivity index (χ3n) is 2.77. The molecule has 0 atom stereocenters. The number of phenols is 1. The van der Waals surface area contributed by atoms with Gasteiger partial charge in [-0.05, 0) is 47.5 Å². The van der Waals surface area contributed by atoms with E-state index in [-0.39, 0.29) is 5.75 Å². The van der Waals surface area contributed by atoms with Gasteiger partial charge in [0.05, 0.1) is 14.9 Å². The van der Waals surface area contributed by atoms with Gasteiger partial charge in [-0.25, -0.2) is 0 Å². The molecular weight excluding hydrogens is 278 g/mol. The third kappa shape index (κ3) is 2.62. The van der Waals surface area contributed by atoms with E-state index < -0.39 is 0 Å². The van der Waals surface area contributed by atoms with Gasteiger partial charge in [0.25, 0.3) is 0 Å². The molecule has 2 nitrogen and oxygen atoms in total. The number of halogens is 1. The van der Waals surface area contributed by atoms with Crippen LogP contribution < -0.4 is 0 Å². The number of hydrogen-bond donors (Lipinski definition) is 1. The number of thiophene rings is 1. The topological polar surface area (TPSA) is 33.1 Å². The second-order valence-electron chi connectivity index (χ2n) is 4.08.